The van der Waals surface area contributed by atoms with Crippen LogP contribution in [0.2, 0.25) is 5.02 Å². The summed E-state index contributed by atoms with van der Waals surface area (Å²) >= 11 is 5.45. The smallest absolute Gasteiger partial charge is 0.312 e. The summed E-state index contributed by atoms with van der Waals surface area (Å²) in [6.45, 7) is 0. The molecule has 0 aliphatic heterocycles. The second-order valence-electron chi connectivity index (χ2n) is 3.67. The lowest BCUT2D eigenvalue weighted by atomic mass is 10.3. The van der Waals surface area contributed by atoms with Crippen LogP contribution in [0.5, 0.6) is 0 Å². The molecule has 0 spiro atoms. The third kappa shape index (κ3) is 2.89. The molecular weight excluding hydrogens is 313 g/mol. The zero-order valence-corrected chi connectivity index (χ0v) is 11.2. The topological polar surface area (TPSA) is 112 Å². The van der Waals surface area contributed by atoms with Crippen LogP contribution in [0, 0.1) is 5.82 Å². The number of anilines is 1. The van der Waals surface area contributed by atoms with Crippen molar-refractivity contribution in [1.82, 2.24) is 9.97 Å². The third-order valence-corrected chi connectivity index (χ3v) is 3.93. The first kappa shape index (κ1) is 14.3. The van der Waals surface area contributed by atoms with Crippen LogP contribution in [0.1, 0.15) is 0 Å². The van der Waals surface area contributed by atoms with Crippen LogP contribution in [-0.2, 0) is 10.0 Å². The predicted octanol–water partition coefficient (Wildman–Crippen LogP) is 0.657. The molecule has 1 aromatic heterocycles. The van der Waals surface area contributed by atoms with E-state index in [0.717, 1.165) is 18.3 Å². The van der Waals surface area contributed by atoms with Gasteiger partial charge in [0.05, 0.1) is 9.92 Å². The van der Waals surface area contributed by atoms with Crippen LogP contribution in [0.15, 0.2) is 38.9 Å². The summed E-state index contributed by atoms with van der Waals surface area (Å²) in [6, 6.07) is 2.86. The van der Waals surface area contributed by atoms with E-state index in [-0.39, 0.29) is 5.02 Å². The Kier molecular flexibility index (Phi) is 3.64. The van der Waals surface area contributed by atoms with Crippen LogP contribution in [0.3, 0.4) is 0 Å². The van der Waals surface area contributed by atoms with Gasteiger partial charge in [-0.2, -0.15) is 0 Å². The van der Waals surface area contributed by atoms with E-state index in [1.807, 2.05) is 9.71 Å². The van der Waals surface area contributed by atoms with Crippen LogP contribution >= 0.6 is 11.6 Å². The van der Waals surface area contributed by atoms with Crippen molar-refractivity contribution in [2.75, 3.05) is 4.72 Å². The van der Waals surface area contributed by atoms with Gasteiger partial charge in [-0.15, -0.1) is 0 Å². The molecule has 1 heterocycles. The summed E-state index contributed by atoms with van der Waals surface area (Å²) in [5, 5.41) is -0.231. The Bertz CT molecular complexity index is 875. The van der Waals surface area contributed by atoms with Crippen molar-refractivity contribution < 1.29 is 12.8 Å². The maximum Gasteiger partial charge on any atom is 0.325 e. The minimum atomic E-state index is -4.18. The zero-order valence-electron chi connectivity index (χ0n) is 9.61. The maximum absolute atomic E-state index is 13.2. The van der Waals surface area contributed by atoms with Crippen molar-refractivity contribution in [3.05, 3.63) is 56.1 Å². The molecule has 0 saturated heterocycles. The Morgan fingerprint density at radius 3 is 2.55 bits per heavy atom. The van der Waals surface area contributed by atoms with Crippen molar-refractivity contribution in [3.63, 3.8) is 0 Å². The van der Waals surface area contributed by atoms with E-state index >= 15 is 0 Å². The van der Waals surface area contributed by atoms with E-state index < -0.39 is 37.7 Å². The van der Waals surface area contributed by atoms with Gasteiger partial charge in [0.1, 0.15) is 11.5 Å². The molecule has 7 nitrogen and oxygen atoms in total. The molecule has 10 heteroatoms. The number of hydrogen-bond donors (Lipinski definition) is 3. The van der Waals surface area contributed by atoms with Crippen LogP contribution < -0.4 is 16.0 Å². The number of rotatable bonds is 3. The van der Waals surface area contributed by atoms with Gasteiger partial charge in [-0.05, 0) is 18.2 Å². The third-order valence-electron chi connectivity index (χ3n) is 2.26. The molecule has 106 valence electrons. The first-order chi connectivity index (χ1) is 9.29. The summed E-state index contributed by atoms with van der Waals surface area (Å²) in [5.74, 6) is -0.912. The molecule has 0 fully saturated rings. The minimum absolute atomic E-state index is 0.231. The standard InChI is InChI=1S/C10H7ClFN3O4S/c11-6-2-1-5(3-7(6)12)20(18,19)15-8-4-13-10(17)14-9(8)16/h1-4,15H,(H2,13,14,16,17). The molecule has 2 rings (SSSR count). The summed E-state index contributed by atoms with van der Waals surface area (Å²) in [4.78, 5) is 25.7. The van der Waals surface area contributed by atoms with Crippen LogP contribution in [0.4, 0.5) is 10.1 Å². The first-order valence-corrected chi connectivity index (χ1v) is 6.95. The molecule has 0 aliphatic carbocycles. The lowest BCUT2D eigenvalue weighted by Crippen LogP contribution is -2.26. The Labute approximate surface area is 116 Å². The number of aromatic amines is 2. The van der Waals surface area contributed by atoms with Gasteiger partial charge in [0, 0.05) is 6.20 Å². The van der Waals surface area contributed by atoms with Crippen molar-refractivity contribution >= 4 is 27.3 Å². The van der Waals surface area contributed by atoms with Crippen molar-refractivity contribution in [3.8, 4) is 0 Å². The van der Waals surface area contributed by atoms with Crippen molar-refractivity contribution in [2.24, 2.45) is 0 Å². The number of halogens is 2. The Hall–Kier alpha value is -2.13. The molecular formula is C10H7ClFN3O4S. The van der Waals surface area contributed by atoms with E-state index in [2.05, 4.69) is 4.98 Å². The molecule has 0 saturated carbocycles. The molecule has 20 heavy (non-hydrogen) atoms. The summed E-state index contributed by atoms with van der Waals surface area (Å²) < 4.78 is 39.0. The highest BCUT2D eigenvalue weighted by Gasteiger charge is 2.17. The Morgan fingerprint density at radius 1 is 1.25 bits per heavy atom. The fraction of sp³-hybridized carbons (Fsp3) is 0. The molecule has 0 bridgehead atoms. The molecule has 0 radical (unpaired) electrons. The predicted molar refractivity (Wildman–Crippen MR) is 69.9 cm³/mol. The van der Waals surface area contributed by atoms with Crippen LogP contribution in [0.25, 0.3) is 0 Å². The molecule has 0 amide bonds. The van der Waals surface area contributed by atoms with Gasteiger partial charge in [-0.1, -0.05) is 11.6 Å². The number of hydrogen-bond acceptors (Lipinski definition) is 4. The van der Waals surface area contributed by atoms with Crippen molar-refractivity contribution in [1.29, 1.82) is 0 Å². The van der Waals surface area contributed by atoms with Gasteiger partial charge >= 0.3 is 5.69 Å². The van der Waals surface area contributed by atoms with Gasteiger partial charge in [0.2, 0.25) is 0 Å². The second kappa shape index (κ2) is 5.10. The highest BCUT2D eigenvalue weighted by molar-refractivity contribution is 7.92. The lowest BCUT2D eigenvalue weighted by molar-refractivity contribution is 0.595. The second-order valence-corrected chi connectivity index (χ2v) is 5.76. The normalized spacial score (nSPS) is 11.3. The molecule has 0 aliphatic rings. The van der Waals surface area contributed by atoms with Crippen molar-refractivity contribution in [2.45, 2.75) is 4.90 Å². The zero-order chi connectivity index (χ0) is 14.9. The highest BCUT2D eigenvalue weighted by atomic mass is 35.5. The molecule has 1 aromatic carbocycles. The van der Waals surface area contributed by atoms with Crippen LogP contribution in [-0.4, -0.2) is 18.4 Å². The summed E-state index contributed by atoms with van der Waals surface area (Å²) in [5.41, 5.74) is -2.11. The summed E-state index contributed by atoms with van der Waals surface area (Å²) in [6.07, 6.45) is 0.894. The van der Waals surface area contributed by atoms with Gasteiger partial charge in [-0.3, -0.25) is 14.5 Å². The SMILES string of the molecule is O=c1[nH]cc(NS(=O)(=O)c2ccc(Cl)c(F)c2)c(=O)[nH]1. The van der Waals surface area contributed by atoms with Gasteiger partial charge in [0.15, 0.2) is 0 Å². The molecule has 0 unspecified atom stereocenters. The lowest BCUT2D eigenvalue weighted by Gasteiger charge is -2.07. The Morgan fingerprint density at radius 2 is 1.95 bits per heavy atom. The molecule has 0 atom stereocenters. The highest BCUT2D eigenvalue weighted by Crippen LogP contribution is 2.19. The van der Waals surface area contributed by atoms with Gasteiger partial charge in [0.25, 0.3) is 15.6 Å². The van der Waals surface area contributed by atoms with E-state index in [1.165, 1.54) is 0 Å². The van der Waals surface area contributed by atoms with E-state index in [4.69, 9.17) is 11.6 Å². The van der Waals surface area contributed by atoms with Gasteiger partial charge in [-0.25, -0.2) is 17.6 Å². The Balaban J connectivity index is 2.43. The monoisotopic (exact) mass is 319 g/mol. The average molecular weight is 320 g/mol. The van der Waals surface area contributed by atoms with E-state index in [0.29, 0.717) is 6.07 Å². The largest absolute Gasteiger partial charge is 0.325 e. The van der Waals surface area contributed by atoms with Gasteiger partial charge < -0.3 is 4.98 Å². The number of H-pyrrole nitrogens is 2. The van der Waals surface area contributed by atoms with E-state index in [9.17, 15) is 22.4 Å². The number of aromatic nitrogens is 2. The minimum Gasteiger partial charge on any atom is -0.312 e. The number of benzene rings is 1. The fourth-order valence-corrected chi connectivity index (χ4v) is 2.52. The average Bonchev–Trinajstić information content (AvgIpc) is 2.36. The summed E-state index contributed by atoms with van der Waals surface area (Å²) in [7, 11) is -4.18. The quantitative estimate of drug-likeness (QED) is 0.771. The first-order valence-electron chi connectivity index (χ1n) is 5.09. The number of nitrogens with one attached hydrogen (secondary N) is 3. The molecule has 2 aromatic rings. The molecule has 3 N–H and O–H groups in total. The number of sulfonamides is 1. The maximum atomic E-state index is 13.2. The fourth-order valence-electron chi connectivity index (χ4n) is 1.33. The van der Waals surface area contributed by atoms with E-state index in [1.54, 1.807) is 0 Å².